The van der Waals surface area contributed by atoms with E-state index in [1.165, 1.54) is 13.2 Å². The number of nitro groups is 1. The highest BCUT2D eigenvalue weighted by atomic mass is 16.6. The summed E-state index contributed by atoms with van der Waals surface area (Å²) in [7, 11) is 1.40. The van der Waals surface area contributed by atoms with Gasteiger partial charge in [0.05, 0.1) is 18.6 Å². The molecule has 0 fully saturated rings. The van der Waals surface area contributed by atoms with Crippen molar-refractivity contribution in [1.29, 1.82) is 0 Å². The summed E-state index contributed by atoms with van der Waals surface area (Å²) in [6, 6.07) is 4.84. The molecule has 0 heterocycles. The van der Waals surface area contributed by atoms with Crippen LogP contribution in [0.3, 0.4) is 0 Å². The highest BCUT2D eigenvalue weighted by Crippen LogP contribution is 2.27. The molecule has 6 nitrogen and oxygen atoms in total. The summed E-state index contributed by atoms with van der Waals surface area (Å²) in [6.07, 6.45) is 0.766. The van der Waals surface area contributed by atoms with Crippen LogP contribution in [0, 0.1) is 10.1 Å². The standard InChI is InChI=1S/C13H20N2O4/c1-4-13(2,9-16)14-8-10-5-6-12(19-3)11(7-10)15(17)18/h5-7,14,16H,4,8-9H2,1-3H3. The van der Waals surface area contributed by atoms with Crippen LogP contribution in [0.4, 0.5) is 5.69 Å². The number of methoxy groups -OCH3 is 1. The van der Waals surface area contributed by atoms with Crippen LogP contribution in [0.25, 0.3) is 0 Å². The Bertz CT molecular complexity index is 444. The Labute approximate surface area is 112 Å². The number of hydrogen-bond acceptors (Lipinski definition) is 5. The second-order valence-corrected chi connectivity index (χ2v) is 4.69. The number of aliphatic hydroxyl groups excluding tert-OH is 1. The molecule has 0 aliphatic carbocycles. The Morgan fingerprint density at radius 3 is 2.68 bits per heavy atom. The van der Waals surface area contributed by atoms with Crippen molar-refractivity contribution in [2.75, 3.05) is 13.7 Å². The van der Waals surface area contributed by atoms with Gasteiger partial charge in [0.15, 0.2) is 5.75 Å². The molecule has 0 radical (unpaired) electrons. The van der Waals surface area contributed by atoms with E-state index in [1.807, 2.05) is 13.8 Å². The normalized spacial score (nSPS) is 13.9. The molecule has 0 aromatic heterocycles. The maximum atomic E-state index is 10.9. The minimum atomic E-state index is -0.465. The van der Waals surface area contributed by atoms with Crippen molar-refractivity contribution in [1.82, 2.24) is 5.32 Å². The first-order chi connectivity index (χ1) is 8.95. The first-order valence-corrected chi connectivity index (χ1v) is 6.13. The molecule has 0 aliphatic heterocycles. The van der Waals surface area contributed by atoms with Crippen molar-refractivity contribution in [2.45, 2.75) is 32.4 Å². The van der Waals surface area contributed by atoms with Gasteiger partial charge < -0.3 is 15.2 Å². The van der Waals surface area contributed by atoms with Crippen LogP contribution in [0.15, 0.2) is 18.2 Å². The first-order valence-electron chi connectivity index (χ1n) is 6.13. The zero-order chi connectivity index (χ0) is 14.5. The van der Waals surface area contributed by atoms with Crippen LogP contribution in [0.5, 0.6) is 5.75 Å². The highest BCUT2D eigenvalue weighted by Gasteiger charge is 2.21. The van der Waals surface area contributed by atoms with E-state index in [9.17, 15) is 15.2 Å². The van der Waals surface area contributed by atoms with E-state index in [-0.39, 0.29) is 23.6 Å². The molecule has 0 aliphatic rings. The van der Waals surface area contributed by atoms with Crippen LogP contribution >= 0.6 is 0 Å². The minimum Gasteiger partial charge on any atom is -0.490 e. The number of aliphatic hydroxyl groups is 1. The van der Waals surface area contributed by atoms with Gasteiger partial charge in [-0.25, -0.2) is 0 Å². The van der Waals surface area contributed by atoms with Crippen LogP contribution in [0.1, 0.15) is 25.8 Å². The van der Waals surface area contributed by atoms with Crippen molar-refractivity contribution in [2.24, 2.45) is 0 Å². The number of ether oxygens (including phenoxy) is 1. The summed E-state index contributed by atoms with van der Waals surface area (Å²) in [5, 5.41) is 23.4. The zero-order valence-electron chi connectivity index (χ0n) is 11.5. The molecule has 0 amide bonds. The second kappa shape index (κ2) is 6.49. The number of hydrogen-bond donors (Lipinski definition) is 2. The quantitative estimate of drug-likeness (QED) is 0.582. The Hall–Kier alpha value is -1.66. The topological polar surface area (TPSA) is 84.6 Å². The molecule has 0 saturated heterocycles. The smallest absolute Gasteiger partial charge is 0.311 e. The summed E-state index contributed by atoms with van der Waals surface area (Å²) in [6.45, 7) is 4.35. The molecule has 1 unspecified atom stereocenters. The van der Waals surface area contributed by atoms with E-state index in [0.29, 0.717) is 6.54 Å². The number of rotatable bonds is 7. The molecule has 0 bridgehead atoms. The Morgan fingerprint density at radius 2 is 2.21 bits per heavy atom. The molecule has 1 aromatic carbocycles. The van der Waals surface area contributed by atoms with Crippen molar-refractivity contribution < 1.29 is 14.8 Å². The summed E-state index contributed by atoms with van der Waals surface area (Å²) < 4.78 is 4.95. The molecule has 106 valence electrons. The molecule has 19 heavy (non-hydrogen) atoms. The molecule has 0 saturated carbocycles. The van der Waals surface area contributed by atoms with E-state index in [1.54, 1.807) is 12.1 Å². The molecule has 1 aromatic rings. The number of nitro benzene ring substituents is 1. The van der Waals surface area contributed by atoms with Gasteiger partial charge in [-0.2, -0.15) is 0 Å². The van der Waals surface area contributed by atoms with E-state index in [2.05, 4.69) is 5.32 Å². The fourth-order valence-electron chi connectivity index (χ4n) is 1.60. The summed E-state index contributed by atoms with van der Waals surface area (Å²) in [5.74, 6) is 0.245. The van der Waals surface area contributed by atoms with Gasteiger partial charge in [-0.15, -0.1) is 0 Å². The lowest BCUT2D eigenvalue weighted by Gasteiger charge is -2.27. The van der Waals surface area contributed by atoms with Crippen LogP contribution in [-0.4, -0.2) is 29.3 Å². The third-order valence-corrected chi connectivity index (χ3v) is 3.29. The van der Waals surface area contributed by atoms with Gasteiger partial charge >= 0.3 is 5.69 Å². The zero-order valence-corrected chi connectivity index (χ0v) is 11.5. The largest absolute Gasteiger partial charge is 0.490 e. The fraction of sp³-hybridized carbons (Fsp3) is 0.538. The second-order valence-electron chi connectivity index (χ2n) is 4.69. The predicted octanol–water partition coefficient (Wildman–Crippen LogP) is 1.85. The average molecular weight is 268 g/mol. The lowest BCUT2D eigenvalue weighted by Crippen LogP contribution is -2.44. The van der Waals surface area contributed by atoms with E-state index in [0.717, 1.165) is 12.0 Å². The van der Waals surface area contributed by atoms with Crippen LogP contribution in [-0.2, 0) is 6.54 Å². The number of nitrogens with zero attached hydrogens (tertiary/aromatic N) is 1. The van der Waals surface area contributed by atoms with Crippen molar-refractivity contribution in [3.05, 3.63) is 33.9 Å². The number of benzene rings is 1. The minimum absolute atomic E-state index is 0.0156. The van der Waals surface area contributed by atoms with Crippen LogP contribution < -0.4 is 10.1 Å². The monoisotopic (exact) mass is 268 g/mol. The average Bonchev–Trinajstić information content (AvgIpc) is 2.44. The third-order valence-electron chi connectivity index (χ3n) is 3.29. The Kier molecular flexibility index (Phi) is 5.26. The maximum absolute atomic E-state index is 10.9. The molecule has 1 rings (SSSR count). The van der Waals surface area contributed by atoms with Gasteiger partial charge in [-0.1, -0.05) is 13.0 Å². The SMILES string of the molecule is CCC(C)(CO)NCc1ccc(OC)c([N+](=O)[O-])c1. The Balaban J connectivity index is 2.86. The van der Waals surface area contributed by atoms with Crippen molar-refractivity contribution >= 4 is 5.69 Å². The molecule has 0 spiro atoms. The van der Waals surface area contributed by atoms with Crippen LogP contribution in [0.2, 0.25) is 0 Å². The van der Waals surface area contributed by atoms with Crippen molar-refractivity contribution in [3.63, 3.8) is 0 Å². The number of nitrogens with one attached hydrogen (secondary N) is 1. The molecule has 1 atom stereocenters. The lowest BCUT2D eigenvalue weighted by molar-refractivity contribution is -0.385. The molecular formula is C13H20N2O4. The summed E-state index contributed by atoms with van der Waals surface area (Å²) >= 11 is 0. The fourth-order valence-corrected chi connectivity index (χ4v) is 1.60. The van der Waals surface area contributed by atoms with E-state index < -0.39 is 4.92 Å². The lowest BCUT2D eigenvalue weighted by atomic mass is 10.00. The van der Waals surface area contributed by atoms with Gasteiger partial charge in [0.25, 0.3) is 0 Å². The predicted molar refractivity (Wildman–Crippen MR) is 72.3 cm³/mol. The maximum Gasteiger partial charge on any atom is 0.311 e. The first kappa shape index (κ1) is 15.4. The van der Waals surface area contributed by atoms with Gasteiger partial charge in [-0.05, 0) is 25.0 Å². The Morgan fingerprint density at radius 1 is 1.53 bits per heavy atom. The van der Waals surface area contributed by atoms with Gasteiger partial charge in [0, 0.05) is 18.2 Å². The van der Waals surface area contributed by atoms with Gasteiger partial charge in [-0.3, -0.25) is 10.1 Å². The van der Waals surface area contributed by atoms with E-state index in [4.69, 9.17) is 4.74 Å². The molecule has 2 N–H and O–H groups in total. The molecular weight excluding hydrogens is 248 g/mol. The van der Waals surface area contributed by atoms with Crippen molar-refractivity contribution in [3.8, 4) is 5.75 Å². The van der Waals surface area contributed by atoms with E-state index >= 15 is 0 Å². The van der Waals surface area contributed by atoms with Gasteiger partial charge in [0.1, 0.15) is 0 Å². The highest BCUT2D eigenvalue weighted by molar-refractivity contribution is 5.48. The van der Waals surface area contributed by atoms with Gasteiger partial charge in [0.2, 0.25) is 0 Å². The summed E-state index contributed by atoms with van der Waals surface area (Å²) in [5.41, 5.74) is 0.346. The molecule has 6 heteroatoms. The third kappa shape index (κ3) is 3.90. The summed E-state index contributed by atoms with van der Waals surface area (Å²) in [4.78, 5) is 10.4.